The number of nitrogens with zero attached hydrogens (tertiary/aromatic N) is 1. The molecule has 25 heavy (non-hydrogen) atoms. The standard InChI is InChI=1S/C20H30N2O3/c1-4-18(20(24)21-16-10-6-7-11-16)22(19(23)5-2)14-15-9-8-12-17(13-15)25-3/h8-9,12-13,16,18H,4-7,10-11,14H2,1-3H3,(H,21,24)/t18-/m0/s1. The van der Waals surface area contributed by atoms with Crippen molar-refractivity contribution >= 4 is 11.8 Å². The van der Waals surface area contributed by atoms with Crippen LogP contribution in [-0.4, -0.2) is 35.9 Å². The van der Waals surface area contributed by atoms with Crippen molar-refractivity contribution < 1.29 is 14.3 Å². The molecule has 138 valence electrons. The van der Waals surface area contributed by atoms with Gasteiger partial charge in [0.25, 0.3) is 0 Å². The van der Waals surface area contributed by atoms with Crippen LogP contribution in [0.3, 0.4) is 0 Å². The van der Waals surface area contributed by atoms with Crippen molar-refractivity contribution in [3.63, 3.8) is 0 Å². The zero-order chi connectivity index (χ0) is 18.2. The number of hydrogen-bond acceptors (Lipinski definition) is 3. The van der Waals surface area contributed by atoms with E-state index >= 15 is 0 Å². The van der Waals surface area contributed by atoms with Crippen LogP contribution in [0.25, 0.3) is 0 Å². The molecule has 0 radical (unpaired) electrons. The molecule has 1 atom stereocenters. The monoisotopic (exact) mass is 346 g/mol. The molecular formula is C20H30N2O3. The average molecular weight is 346 g/mol. The maximum Gasteiger partial charge on any atom is 0.243 e. The third-order valence-electron chi connectivity index (χ3n) is 4.88. The van der Waals surface area contributed by atoms with Gasteiger partial charge in [0.2, 0.25) is 11.8 Å². The van der Waals surface area contributed by atoms with Crippen LogP contribution in [0.2, 0.25) is 0 Å². The minimum Gasteiger partial charge on any atom is -0.497 e. The summed E-state index contributed by atoms with van der Waals surface area (Å²) >= 11 is 0. The summed E-state index contributed by atoms with van der Waals surface area (Å²) in [6.07, 6.45) is 5.41. The smallest absolute Gasteiger partial charge is 0.243 e. The van der Waals surface area contributed by atoms with Gasteiger partial charge in [-0.2, -0.15) is 0 Å². The lowest BCUT2D eigenvalue weighted by molar-refractivity contribution is -0.141. The molecule has 0 unspecified atom stereocenters. The van der Waals surface area contributed by atoms with Crippen LogP contribution in [-0.2, 0) is 16.1 Å². The fraction of sp³-hybridized carbons (Fsp3) is 0.600. The van der Waals surface area contributed by atoms with Gasteiger partial charge in [-0.3, -0.25) is 9.59 Å². The zero-order valence-electron chi connectivity index (χ0n) is 15.6. The van der Waals surface area contributed by atoms with Gasteiger partial charge in [-0.1, -0.05) is 38.8 Å². The Morgan fingerprint density at radius 3 is 2.60 bits per heavy atom. The van der Waals surface area contributed by atoms with E-state index in [1.54, 1.807) is 12.0 Å². The Kier molecular flexibility index (Phi) is 7.29. The minimum atomic E-state index is -0.431. The average Bonchev–Trinajstić information content (AvgIpc) is 3.14. The second-order valence-electron chi connectivity index (χ2n) is 6.64. The highest BCUT2D eigenvalue weighted by molar-refractivity contribution is 5.87. The lowest BCUT2D eigenvalue weighted by Crippen LogP contribution is -2.50. The third kappa shape index (κ3) is 5.21. The van der Waals surface area contributed by atoms with Crippen LogP contribution >= 0.6 is 0 Å². The van der Waals surface area contributed by atoms with Crippen LogP contribution < -0.4 is 10.1 Å². The number of benzene rings is 1. The summed E-state index contributed by atoms with van der Waals surface area (Å²) in [5.41, 5.74) is 0.966. The number of methoxy groups -OCH3 is 1. The van der Waals surface area contributed by atoms with Crippen molar-refractivity contribution in [1.82, 2.24) is 10.2 Å². The van der Waals surface area contributed by atoms with Crippen LogP contribution in [0.5, 0.6) is 5.75 Å². The number of carbonyl (C=O) groups excluding carboxylic acids is 2. The Hall–Kier alpha value is -2.04. The van der Waals surface area contributed by atoms with E-state index in [0.29, 0.717) is 19.4 Å². The molecule has 0 bridgehead atoms. The molecule has 0 aliphatic heterocycles. The normalized spacial score (nSPS) is 15.6. The van der Waals surface area contributed by atoms with E-state index in [0.717, 1.165) is 24.2 Å². The minimum absolute atomic E-state index is 0.00348. The summed E-state index contributed by atoms with van der Waals surface area (Å²) in [6, 6.07) is 7.48. The number of nitrogens with one attached hydrogen (secondary N) is 1. The van der Waals surface area contributed by atoms with E-state index in [1.807, 2.05) is 38.1 Å². The topological polar surface area (TPSA) is 58.6 Å². The van der Waals surface area contributed by atoms with E-state index in [1.165, 1.54) is 12.8 Å². The zero-order valence-corrected chi connectivity index (χ0v) is 15.6. The molecule has 5 heteroatoms. The second-order valence-corrected chi connectivity index (χ2v) is 6.64. The highest BCUT2D eigenvalue weighted by atomic mass is 16.5. The van der Waals surface area contributed by atoms with E-state index in [4.69, 9.17) is 4.74 Å². The molecule has 1 aromatic rings. The molecule has 1 N–H and O–H groups in total. The first-order valence-corrected chi connectivity index (χ1v) is 9.31. The molecule has 0 heterocycles. The van der Waals surface area contributed by atoms with Crippen molar-refractivity contribution in [1.29, 1.82) is 0 Å². The Bertz CT molecular complexity index is 582. The Morgan fingerprint density at radius 1 is 1.28 bits per heavy atom. The van der Waals surface area contributed by atoms with Gasteiger partial charge in [-0.05, 0) is 37.0 Å². The first-order chi connectivity index (χ1) is 12.1. The number of carbonyl (C=O) groups is 2. The van der Waals surface area contributed by atoms with Crippen LogP contribution in [0.4, 0.5) is 0 Å². The summed E-state index contributed by atoms with van der Waals surface area (Å²) in [7, 11) is 1.62. The number of amides is 2. The summed E-state index contributed by atoms with van der Waals surface area (Å²) in [4.78, 5) is 27.0. The third-order valence-corrected chi connectivity index (χ3v) is 4.88. The lowest BCUT2D eigenvalue weighted by atomic mass is 10.1. The molecule has 1 fully saturated rings. The van der Waals surface area contributed by atoms with Crippen LogP contribution in [0, 0.1) is 0 Å². The van der Waals surface area contributed by atoms with Crippen LogP contribution in [0.15, 0.2) is 24.3 Å². The van der Waals surface area contributed by atoms with Crippen molar-refractivity contribution in [3.05, 3.63) is 29.8 Å². The highest BCUT2D eigenvalue weighted by Crippen LogP contribution is 2.20. The maximum atomic E-state index is 12.8. The maximum absolute atomic E-state index is 12.8. The number of ether oxygens (including phenoxy) is 1. The largest absolute Gasteiger partial charge is 0.497 e. The molecule has 1 saturated carbocycles. The van der Waals surface area contributed by atoms with Crippen molar-refractivity contribution in [2.45, 2.75) is 71.0 Å². The first-order valence-electron chi connectivity index (χ1n) is 9.31. The Balaban J connectivity index is 2.14. The van der Waals surface area contributed by atoms with E-state index in [2.05, 4.69) is 5.32 Å². The number of hydrogen-bond donors (Lipinski definition) is 1. The molecule has 0 spiro atoms. The second kappa shape index (κ2) is 9.44. The van der Waals surface area contributed by atoms with E-state index in [-0.39, 0.29) is 17.9 Å². The first kappa shape index (κ1) is 19.3. The molecular weight excluding hydrogens is 316 g/mol. The summed E-state index contributed by atoms with van der Waals surface area (Å²) in [5.74, 6) is 0.722. The predicted octanol–water partition coefficient (Wildman–Crippen LogP) is 3.27. The van der Waals surface area contributed by atoms with Crippen LogP contribution in [0.1, 0.15) is 57.9 Å². The molecule has 0 aromatic heterocycles. The molecule has 5 nitrogen and oxygen atoms in total. The Morgan fingerprint density at radius 2 is 2.00 bits per heavy atom. The SMILES string of the molecule is CCC(=O)N(Cc1cccc(OC)c1)[C@@H](CC)C(=O)NC1CCCC1. The molecule has 1 aliphatic rings. The fourth-order valence-corrected chi connectivity index (χ4v) is 3.46. The summed E-state index contributed by atoms with van der Waals surface area (Å²) in [5, 5.41) is 3.14. The fourth-order valence-electron chi connectivity index (χ4n) is 3.46. The summed E-state index contributed by atoms with van der Waals surface area (Å²) in [6.45, 7) is 4.21. The van der Waals surface area contributed by atoms with Crippen molar-refractivity contribution in [2.24, 2.45) is 0 Å². The molecule has 2 amide bonds. The van der Waals surface area contributed by atoms with Gasteiger partial charge >= 0.3 is 0 Å². The van der Waals surface area contributed by atoms with Gasteiger partial charge in [-0.15, -0.1) is 0 Å². The van der Waals surface area contributed by atoms with Gasteiger partial charge < -0.3 is 15.0 Å². The highest BCUT2D eigenvalue weighted by Gasteiger charge is 2.29. The number of rotatable bonds is 8. The van der Waals surface area contributed by atoms with Gasteiger partial charge in [0, 0.05) is 19.0 Å². The Labute approximate surface area is 150 Å². The van der Waals surface area contributed by atoms with Gasteiger partial charge in [0.1, 0.15) is 11.8 Å². The van der Waals surface area contributed by atoms with Gasteiger partial charge in [0.05, 0.1) is 7.11 Å². The molecule has 1 aromatic carbocycles. The van der Waals surface area contributed by atoms with E-state index < -0.39 is 6.04 Å². The predicted molar refractivity (Wildman–Crippen MR) is 98.3 cm³/mol. The van der Waals surface area contributed by atoms with Gasteiger partial charge in [-0.25, -0.2) is 0 Å². The molecule has 1 aliphatic carbocycles. The van der Waals surface area contributed by atoms with Crippen molar-refractivity contribution in [3.8, 4) is 5.75 Å². The van der Waals surface area contributed by atoms with Crippen molar-refractivity contribution in [2.75, 3.05) is 7.11 Å². The lowest BCUT2D eigenvalue weighted by Gasteiger charge is -2.31. The summed E-state index contributed by atoms with van der Waals surface area (Å²) < 4.78 is 5.26. The quantitative estimate of drug-likeness (QED) is 0.786. The molecule has 2 rings (SSSR count). The van der Waals surface area contributed by atoms with Gasteiger partial charge in [0.15, 0.2) is 0 Å². The van der Waals surface area contributed by atoms with E-state index in [9.17, 15) is 9.59 Å². The molecule has 0 saturated heterocycles.